The van der Waals surface area contributed by atoms with Gasteiger partial charge in [0.25, 0.3) is 5.91 Å². The van der Waals surface area contributed by atoms with E-state index in [0.717, 1.165) is 6.42 Å². The van der Waals surface area contributed by atoms with Gasteiger partial charge in [-0.2, -0.15) is 0 Å². The molecule has 0 radical (unpaired) electrons. The summed E-state index contributed by atoms with van der Waals surface area (Å²) < 4.78 is 10.5. The Hall–Kier alpha value is -2.57. The number of rotatable bonds is 7. The number of hydrogen-bond acceptors (Lipinski definition) is 5. The zero-order valence-electron chi connectivity index (χ0n) is 14.4. The van der Waals surface area contributed by atoms with Crippen LogP contribution in [0.25, 0.3) is 0 Å². The van der Waals surface area contributed by atoms with Gasteiger partial charge in [0.2, 0.25) is 5.91 Å². The van der Waals surface area contributed by atoms with Crippen molar-refractivity contribution in [2.75, 3.05) is 26.3 Å². The summed E-state index contributed by atoms with van der Waals surface area (Å²) in [7, 11) is 0. The Bertz CT molecular complexity index is 606. The Morgan fingerprint density at radius 3 is 2.36 bits per heavy atom. The SMILES string of the molecule is CCCOc1ccc(C(=O)OCC(=O)N2CCC(C(N)=O)CC2)cc1. The van der Waals surface area contributed by atoms with E-state index in [9.17, 15) is 14.4 Å². The molecular weight excluding hydrogens is 324 g/mol. The molecule has 1 aliphatic rings. The number of piperidine rings is 1. The van der Waals surface area contributed by atoms with Crippen molar-refractivity contribution in [1.82, 2.24) is 4.90 Å². The highest BCUT2D eigenvalue weighted by Gasteiger charge is 2.26. The number of amides is 2. The smallest absolute Gasteiger partial charge is 0.338 e. The number of benzene rings is 1. The first-order valence-corrected chi connectivity index (χ1v) is 8.48. The van der Waals surface area contributed by atoms with Crippen LogP contribution >= 0.6 is 0 Å². The summed E-state index contributed by atoms with van der Waals surface area (Å²) in [6, 6.07) is 6.61. The summed E-state index contributed by atoms with van der Waals surface area (Å²) in [5, 5.41) is 0. The number of hydrogen-bond donors (Lipinski definition) is 1. The molecule has 2 N–H and O–H groups in total. The van der Waals surface area contributed by atoms with E-state index in [-0.39, 0.29) is 24.3 Å². The summed E-state index contributed by atoms with van der Waals surface area (Å²) in [5.74, 6) is -0.640. The Kier molecular flexibility index (Phi) is 6.80. The topological polar surface area (TPSA) is 98.9 Å². The van der Waals surface area contributed by atoms with Crippen molar-refractivity contribution in [2.45, 2.75) is 26.2 Å². The van der Waals surface area contributed by atoms with E-state index >= 15 is 0 Å². The molecule has 25 heavy (non-hydrogen) atoms. The number of primary amides is 1. The second kappa shape index (κ2) is 9.05. The largest absolute Gasteiger partial charge is 0.494 e. The van der Waals surface area contributed by atoms with E-state index in [1.165, 1.54) is 0 Å². The van der Waals surface area contributed by atoms with Gasteiger partial charge in [-0.3, -0.25) is 9.59 Å². The molecule has 1 aromatic rings. The Morgan fingerprint density at radius 2 is 1.80 bits per heavy atom. The van der Waals surface area contributed by atoms with Gasteiger partial charge in [-0.15, -0.1) is 0 Å². The lowest BCUT2D eigenvalue weighted by Crippen LogP contribution is -2.43. The van der Waals surface area contributed by atoms with Crippen molar-refractivity contribution in [3.63, 3.8) is 0 Å². The molecule has 2 amide bonds. The minimum atomic E-state index is -0.553. The normalized spacial score (nSPS) is 14.8. The average Bonchev–Trinajstić information content (AvgIpc) is 2.64. The minimum Gasteiger partial charge on any atom is -0.494 e. The number of ether oxygens (including phenoxy) is 2. The van der Waals surface area contributed by atoms with E-state index < -0.39 is 5.97 Å². The summed E-state index contributed by atoms with van der Waals surface area (Å²) in [4.78, 5) is 36.8. The molecule has 0 aromatic heterocycles. The first-order valence-electron chi connectivity index (χ1n) is 8.48. The zero-order valence-corrected chi connectivity index (χ0v) is 14.4. The van der Waals surface area contributed by atoms with Crippen molar-refractivity contribution >= 4 is 17.8 Å². The standard InChI is InChI=1S/C18H24N2O5/c1-2-11-24-15-5-3-14(4-6-15)18(23)25-12-16(21)20-9-7-13(8-10-20)17(19)22/h3-6,13H,2,7-12H2,1H3,(H2,19,22). The summed E-state index contributed by atoms with van der Waals surface area (Å²) in [6.45, 7) is 3.22. The Morgan fingerprint density at radius 1 is 1.16 bits per heavy atom. The maximum Gasteiger partial charge on any atom is 0.338 e. The van der Waals surface area contributed by atoms with Crippen molar-refractivity contribution in [3.05, 3.63) is 29.8 Å². The van der Waals surface area contributed by atoms with Crippen LogP contribution in [0.15, 0.2) is 24.3 Å². The molecule has 0 aliphatic carbocycles. The van der Waals surface area contributed by atoms with Gasteiger partial charge in [-0.25, -0.2) is 4.79 Å². The van der Waals surface area contributed by atoms with Crippen molar-refractivity contribution in [1.29, 1.82) is 0 Å². The molecule has 1 heterocycles. The fourth-order valence-corrected chi connectivity index (χ4v) is 2.62. The fraction of sp³-hybridized carbons (Fsp3) is 0.500. The van der Waals surface area contributed by atoms with Crippen LogP contribution in [0.2, 0.25) is 0 Å². The van der Waals surface area contributed by atoms with Crippen LogP contribution in [0.1, 0.15) is 36.5 Å². The molecule has 1 aromatic carbocycles. The predicted octanol–water partition coefficient (Wildman–Crippen LogP) is 1.36. The molecule has 0 bridgehead atoms. The molecule has 0 spiro atoms. The maximum absolute atomic E-state index is 12.1. The van der Waals surface area contributed by atoms with Crippen molar-refractivity contribution in [3.8, 4) is 5.75 Å². The second-order valence-electron chi connectivity index (χ2n) is 6.01. The van der Waals surface area contributed by atoms with Gasteiger partial charge in [0.05, 0.1) is 12.2 Å². The lowest BCUT2D eigenvalue weighted by Gasteiger charge is -2.30. The fourth-order valence-electron chi connectivity index (χ4n) is 2.62. The van der Waals surface area contributed by atoms with Gasteiger partial charge in [0, 0.05) is 19.0 Å². The number of esters is 1. The number of nitrogens with two attached hydrogens (primary N) is 1. The highest BCUT2D eigenvalue weighted by Crippen LogP contribution is 2.17. The monoisotopic (exact) mass is 348 g/mol. The van der Waals surface area contributed by atoms with Gasteiger partial charge in [0.15, 0.2) is 6.61 Å². The zero-order chi connectivity index (χ0) is 18.2. The highest BCUT2D eigenvalue weighted by atomic mass is 16.5. The van der Waals surface area contributed by atoms with Crippen LogP contribution in [0.4, 0.5) is 0 Å². The van der Waals surface area contributed by atoms with E-state index in [4.69, 9.17) is 15.2 Å². The lowest BCUT2D eigenvalue weighted by molar-refractivity contribution is -0.137. The highest BCUT2D eigenvalue weighted by molar-refractivity contribution is 5.91. The van der Waals surface area contributed by atoms with Crippen LogP contribution in [0.5, 0.6) is 5.75 Å². The number of carbonyl (C=O) groups is 3. The number of likely N-dealkylation sites (tertiary alicyclic amines) is 1. The van der Waals surface area contributed by atoms with Gasteiger partial charge in [-0.1, -0.05) is 6.92 Å². The first kappa shape index (κ1) is 18.8. The molecule has 7 nitrogen and oxygen atoms in total. The molecule has 0 saturated carbocycles. The molecule has 0 atom stereocenters. The predicted molar refractivity (Wildman–Crippen MR) is 91.0 cm³/mol. The summed E-state index contributed by atoms with van der Waals surface area (Å²) in [6.07, 6.45) is 2.01. The van der Waals surface area contributed by atoms with Crippen LogP contribution in [-0.4, -0.2) is 49.0 Å². The second-order valence-corrected chi connectivity index (χ2v) is 6.01. The molecule has 1 fully saturated rings. The number of nitrogens with zero attached hydrogens (tertiary/aromatic N) is 1. The Labute approximate surface area is 147 Å². The van der Waals surface area contributed by atoms with Crippen LogP contribution in [-0.2, 0) is 14.3 Å². The van der Waals surface area contributed by atoms with Crippen molar-refractivity contribution < 1.29 is 23.9 Å². The molecule has 7 heteroatoms. The third-order valence-electron chi connectivity index (χ3n) is 4.14. The summed E-state index contributed by atoms with van der Waals surface area (Å²) in [5.41, 5.74) is 5.63. The van der Waals surface area contributed by atoms with Gasteiger partial charge >= 0.3 is 5.97 Å². The van der Waals surface area contributed by atoms with Crippen LogP contribution in [0.3, 0.4) is 0 Å². The summed E-state index contributed by atoms with van der Waals surface area (Å²) >= 11 is 0. The van der Waals surface area contributed by atoms with E-state index in [1.807, 2.05) is 6.92 Å². The molecule has 0 unspecified atom stereocenters. The first-order chi connectivity index (χ1) is 12.0. The van der Waals surface area contributed by atoms with Crippen molar-refractivity contribution in [2.24, 2.45) is 11.7 Å². The van der Waals surface area contributed by atoms with E-state index in [2.05, 4.69) is 0 Å². The Balaban J connectivity index is 1.77. The third kappa shape index (κ3) is 5.48. The van der Waals surface area contributed by atoms with E-state index in [1.54, 1.807) is 29.2 Å². The molecule has 1 aliphatic heterocycles. The molecule has 136 valence electrons. The molecular formula is C18H24N2O5. The minimum absolute atomic E-state index is 0.181. The third-order valence-corrected chi connectivity index (χ3v) is 4.14. The van der Waals surface area contributed by atoms with Gasteiger partial charge in [-0.05, 0) is 43.5 Å². The number of carbonyl (C=O) groups excluding carboxylic acids is 3. The van der Waals surface area contributed by atoms with Gasteiger partial charge < -0.3 is 20.1 Å². The quantitative estimate of drug-likeness (QED) is 0.750. The average molecular weight is 348 g/mol. The van der Waals surface area contributed by atoms with Crippen LogP contribution in [0, 0.1) is 5.92 Å². The van der Waals surface area contributed by atoms with Gasteiger partial charge in [0.1, 0.15) is 5.75 Å². The van der Waals surface area contributed by atoms with E-state index in [0.29, 0.717) is 43.9 Å². The molecule has 1 saturated heterocycles. The molecule has 2 rings (SSSR count). The van der Waals surface area contributed by atoms with Crippen LogP contribution < -0.4 is 10.5 Å². The maximum atomic E-state index is 12.1. The lowest BCUT2D eigenvalue weighted by atomic mass is 9.96.